The monoisotopic (exact) mass is 323 g/mol. The normalized spacial score (nSPS) is 12.7. The van der Waals surface area contributed by atoms with Crippen molar-refractivity contribution < 1.29 is 23.5 Å². The van der Waals surface area contributed by atoms with Gasteiger partial charge < -0.3 is 14.4 Å². The molecule has 0 amide bonds. The molecule has 0 bridgehead atoms. The van der Waals surface area contributed by atoms with Crippen LogP contribution in [-0.2, 0) is 19.1 Å². The van der Waals surface area contributed by atoms with Crippen molar-refractivity contribution in [3.8, 4) is 0 Å². The number of halogens is 1. The van der Waals surface area contributed by atoms with Crippen molar-refractivity contribution in [2.75, 3.05) is 19.8 Å². The fourth-order valence-electron chi connectivity index (χ4n) is 1.93. The van der Waals surface area contributed by atoms with Crippen molar-refractivity contribution in [1.82, 2.24) is 4.90 Å². The number of carbonyl (C=O) groups is 2. The molecule has 0 radical (unpaired) electrons. The van der Waals surface area contributed by atoms with Gasteiger partial charge in [-0.25, -0.2) is 9.59 Å². The lowest BCUT2D eigenvalue weighted by Gasteiger charge is -2.29. The van der Waals surface area contributed by atoms with Gasteiger partial charge in [-0.1, -0.05) is 13.8 Å². The fourth-order valence-corrected chi connectivity index (χ4v) is 1.93. The molecular formula is C17H22FNO4. The molecule has 0 unspecified atom stereocenters. The third-order valence-corrected chi connectivity index (χ3v) is 3.00. The molecule has 0 saturated heterocycles. The summed E-state index contributed by atoms with van der Waals surface area (Å²) in [6, 6.07) is -1.24. The Morgan fingerprint density at radius 1 is 1.09 bits per heavy atom. The maximum Gasteiger partial charge on any atom is 0.340 e. The van der Waals surface area contributed by atoms with E-state index in [9.17, 15) is 14.0 Å². The molecule has 0 N–H and O–H groups in total. The number of nitrogens with zero attached hydrogens (tertiary/aromatic N) is 1. The number of allylic oxidation sites excluding steroid dienone is 3. The zero-order valence-corrected chi connectivity index (χ0v) is 13.7. The summed E-state index contributed by atoms with van der Waals surface area (Å²) in [4.78, 5) is 26.0. The van der Waals surface area contributed by atoms with E-state index in [-0.39, 0.29) is 13.2 Å². The molecule has 126 valence electrons. The molecule has 1 aliphatic carbocycles. The molecule has 1 aliphatic rings. The predicted molar refractivity (Wildman–Crippen MR) is 83.0 cm³/mol. The lowest BCUT2D eigenvalue weighted by Crippen LogP contribution is -2.47. The third-order valence-electron chi connectivity index (χ3n) is 3.00. The maximum atomic E-state index is 13.0. The number of esters is 2. The van der Waals surface area contributed by atoms with Gasteiger partial charge in [-0.05, 0) is 43.4 Å². The molecule has 0 aliphatic heterocycles. The highest BCUT2D eigenvalue weighted by atomic mass is 19.1. The van der Waals surface area contributed by atoms with E-state index >= 15 is 0 Å². The lowest BCUT2D eigenvalue weighted by molar-refractivity contribution is -0.163. The van der Waals surface area contributed by atoms with E-state index in [0.717, 1.165) is 0 Å². The van der Waals surface area contributed by atoms with Gasteiger partial charge in [-0.3, -0.25) is 0 Å². The Labute approximate surface area is 135 Å². The lowest BCUT2D eigenvalue weighted by atomic mass is 10.2. The second-order valence-corrected chi connectivity index (χ2v) is 4.84. The number of hydrogen-bond donors (Lipinski definition) is 0. The Hall–Kier alpha value is -2.29. The highest BCUT2D eigenvalue weighted by molar-refractivity contribution is 5.99. The molecule has 0 heterocycles. The van der Waals surface area contributed by atoms with E-state index in [4.69, 9.17) is 9.47 Å². The first-order chi connectivity index (χ1) is 11.0. The van der Waals surface area contributed by atoms with E-state index in [1.807, 2.05) is 13.8 Å². The maximum absolute atomic E-state index is 13.0. The number of hydrogen-bond acceptors (Lipinski definition) is 5. The molecule has 23 heavy (non-hydrogen) atoms. The van der Waals surface area contributed by atoms with Crippen LogP contribution >= 0.6 is 0 Å². The van der Waals surface area contributed by atoms with Gasteiger partial charge in [0, 0.05) is 6.54 Å². The first kappa shape index (κ1) is 18.8. The largest absolute Gasteiger partial charge is 0.464 e. The standard InChI is InChI=1S/C17H22FNO4/c1-4-11-22-16(20)15(17(21)23-12-5-2)19(6-3)14-9-7-13(18)8-10-14/h7,9,15H,4-6,11-12H2,1-3H3. The second-order valence-electron chi connectivity index (χ2n) is 4.84. The predicted octanol–water partition coefficient (Wildman–Crippen LogP) is 2.64. The summed E-state index contributed by atoms with van der Waals surface area (Å²) >= 11 is 0. The van der Waals surface area contributed by atoms with E-state index in [1.165, 1.54) is 17.1 Å². The van der Waals surface area contributed by atoms with Gasteiger partial charge in [0.2, 0.25) is 6.04 Å². The van der Waals surface area contributed by atoms with Gasteiger partial charge in [0.25, 0.3) is 0 Å². The first-order valence-corrected chi connectivity index (χ1v) is 7.74. The molecule has 6 heteroatoms. The molecule has 5 nitrogen and oxygen atoms in total. The van der Waals surface area contributed by atoms with Gasteiger partial charge in [0.1, 0.15) is 0 Å². The van der Waals surface area contributed by atoms with Crippen LogP contribution in [0, 0.1) is 0 Å². The minimum atomic E-state index is -1.24. The molecule has 0 spiro atoms. The van der Waals surface area contributed by atoms with Crippen molar-refractivity contribution in [2.45, 2.75) is 39.7 Å². The number of ether oxygens (including phenoxy) is 2. The van der Waals surface area contributed by atoms with Crippen LogP contribution in [0.15, 0.2) is 35.1 Å². The van der Waals surface area contributed by atoms with Gasteiger partial charge in [-0.2, -0.15) is 4.39 Å². The molecule has 0 aromatic heterocycles. The fraction of sp³-hybridized carbons (Fsp3) is 0.529. The highest BCUT2D eigenvalue weighted by Crippen LogP contribution is 2.16. The summed E-state index contributed by atoms with van der Waals surface area (Å²) in [5.74, 6) is -1.94. The van der Waals surface area contributed by atoms with Crippen LogP contribution in [0.1, 0.15) is 33.6 Å². The van der Waals surface area contributed by atoms with Crippen LogP contribution in [0.4, 0.5) is 4.39 Å². The summed E-state index contributed by atoms with van der Waals surface area (Å²) in [5.41, 5.74) is 5.27. The van der Waals surface area contributed by atoms with Crippen LogP contribution < -0.4 is 0 Å². The molecular weight excluding hydrogens is 301 g/mol. The van der Waals surface area contributed by atoms with Crippen molar-refractivity contribution in [1.29, 1.82) is 0 Å². The van der Waals surface area contributed by atoms with Crippen LogP contribution in [-0.4, -0.2) is 42.6 Å². The topological polar surface area (TPSA) is 55.8 Å². The van der Waals surface area contributed by atoms with Gasteiger partial charge in [0.05, 0.1) is 18.9 Å². The minimum absolute atomic E-state index is 0.215. The quantitative estimate of drug-likeness (QED) is 0.371. The van der Waals surface area contributed by atoms with Gasteiger partial charge in [-0.15, -0.1) is 0 Å². The summed E-state index contributed by atoms with van der Waals surface area (Å²) in [6.45, 7) is 6.24. The molecule has 0 aromatic carbocycles. The van der Waals surface area contributed by atoms with Gasteiger partial charge in [0.15, 0.2) is 5.83 Å². The van der Waals surface area contributed by atoms with Crippen molar-refractivity contribution in [3.05, 3.63) is 35.1 Å². The van der Waals surface area contributed by atoms with E-state index in [2.05, 4.69) is 11.5 Å². The Morgan fingerprint density at radius 3 is 2.04 bits per heavy atom. The van der Waals surface area contributed by atoms with E-state index in [0.29, 0.717) is 25.1 Å². The highest BCUT2D eigenvalue weighted by Gasteiger charge is 2.36. The van der Waals surface area contributed by atoms with Crippen LogP contribution in [0.3, 0.4) is 0 Å². The van der Waals surface area contributed by atoms with Crippen LogP contribution in [0.25, 0.3) is 0 Å². The Balaban J connectivity index is 3.09. The Bertz CT molecular complexity index is 549. The number of likely N-dealkylation sites (N-methyl/N-ethyl adjacent to an activating group) is 1. The average Bonchev–Trinajstić information content (AvgIpc) is 2.56. The number of carbonyl (C=O) groups excluding carboxylic acids is 2. The van der Waals surface area contributed by atoms with Gasteiger partial charge >= 0.3 is 11.9 Å². The molecule has 0 aromatic rings. The van der Waals surface area contributed by atoms with E-state index < -0.39 is 23.8 Å². The average molecular weight is 323 g/mol. The SMILES string of the molecule is CCCOC(=O)C(C(=O)OCCC)N(CC)C1=C=C=C(F)C=C1. The second kappa shape index (κ2) is 9.67. The summed E-state index contributed by atoms with van der Waals surface area (Å²) in [5, 5.41) is 0. The Kier molecular flexibility index (Phi) is 7.89. The van der Waals surface area contributed by atoms with Crippen molar-refractivity contribution in [2.24, 2.45) is 0 Å². The third kappa shape index (κ3) is 5.44. The van der Waals surface area contributed by atoms with Crippen molar-refractivity contribution in [3.63, 3.8) is 0 Å². The molecule has 0 saturated carbocycles. The molecule has 0 fully saturated rings. The summed E-state index contributed by atoms with van der Waals surface area (Å²) < 4.78 is 23.2. The first-order valence-electron chi connectivity index (χ1n) is 7.74. The zero-order chi connectivity index (χ0) is 17.2. The smallest absolute Gasteiger partial charge is 0.340 e. The summed E-state index contributed by atoms with van der Waals surface area (Å²) in [7, 11) is 0. The molecule has 1 rings (SSSR count). The zero-order valence-electron chi connectivity index (χ0n) is 13.7. The van der Waals surface area contributed by atoms with Crippen molar-refractivity contribution >= 4 is 11.9 Å². The Morgan fingerprint density at radius 2 is 1.65 bits per heavy atom. The van der Waals surface area contributed by atoms with Crippen LogP contribution in [0.2, 0.25) is 0 Å². The number of rotatable bonds is 9. The van der Waals surface area contributed by atoms with Crippen LogP contribution in [0.5, 0.6) is 0 Å². The summed E-state index contributed by atoms with van der Waals surface area (Å²) in [6.07, 6.45) is 3.92. The minimum Gasteiger partial charge on any atom is -0.464 e. The molecule has 0 atom stereocenters. The van der Waals surface area contributed by atoms with E-state index in [1.54, 1.807) is 6.92 Å².